The minimum atomic E-state index is -0.859. The maximum absolute atomic E-state index is 12.8. The number of anilines is 1. The minimum Gasteiger partial charge on any atom is -0.480 e. The van der Waals surface area contributed by atoms with Crippen LogP contribution in [0.5, 0.6) is 0 Å². The first kappa shape index (κ1) is 21.5. The van der Waals surface area contributed by atoms with Crippen molar-refractivity contribution in [3.8, 4) is 0 Å². The Hall–Kier alpha value is -4.38. The van der Waals surface area contributed by atoms with Gasteiger partial charge in [-0.3, -0.25) is 9.59 Å². The summed E-state index contributed by atoms with van der Waals surface area (Å²) in [4.78, 5) is 24.1. The number of hydrogen-bond acceptors (Lipinski definition) is 2. The number of para-hydroxylation sites is 1. The van der Waals surface area contributed by atoms with Crippen LogP contribution in [0.3, 0.4) is 0 Å². The molecule has 5 heteroatoms. The lowest BCUT2D eigenvalue weighted by Crippen LogP contribution is -2.11. The summed E-state index contributed by atoms with van der Waals surface area (Å²) in [6, 6.07) is 29.4. The van der Waals surface area contributed by atoms with Gasteiger partial charge in [-0.1, -0.05) is 60.7 Å². The summed E-state index contributed by atoms with van der Waals surface area (Å²) in [7, 11) is 0. The molecule has 0 aliphatic carbocycles. The van der Waals surface area contributed by atoms with Crippen LogP contribution in [0.1, 0.15) is 27.2 Å². The average molecular weight is 449 g/mol. The van der Waals surface area contributed by atoms with Gasteiger partial charge in [-0.15, -0.1) is 0 Å². The van der Waals surface area contributed by atoms with Gasteiger partial charge in [-0.05, 0) is 65.6 Å². The Morgan fingerprint density at radius 2 is 1.56 bits per heavy atom. The fraction of sp³-hybridized carbons (Fsp3) is 0.103. The van der Waals surface area contributed by atoms with E-state index in [-0.39, 0.29) is 12.5 Å². The molecule has 4 aromatic carbocycles. The Bertz CT molecular complexity index is 1530. The van der Waals surface area contributed by atoms with Crippen LogP contribution in [0.2, 0.25) is 0 Å². The molecule has 0 saturated carbocycles. The van der Waals surface area contributed by atoms with Gasteiger partial charge in [0.25, 0.3) is 5.91 Å². The Kier molecular flexibility index (Phi) is 5.60. The molecule has 0 bridgehead atoms. The van der Waals surface area contributed by atoms with Crippen molar-refractivity contribution in [1.82, 2.24) is 4.57 Å². The number of fused-ring (bicyclic) bond motifs is 2. The fourth-order valence-corrected chi connectivity index (χ4v) is 4.51. The van der Waals surface area contributed by atoms with Gasteiger partial charge < -0.3 is 15.0 Å². The smallest absolute Gasteiger partial charge is 0.323 e. The SMILES string of the molecule is Cc1c(Cc2ccc(NC(=O)c3ccc4ccccc4c3)cc2)c2ccccc2n1CC(=O)O. The normalized spacial score (nSPS) is 11.1. The molecule has 0 saturated heterocycles. The Labute approximate surface area is 197 Å². The molecule has 2 N–H and O–H groups in total. The van der Waals surface area contributed by atoms with Gasteiger partial charge >= 0.3 is 5.97 Å². The third-order valence-corrected chi connectivity index (χ3v) is 6.26. The summed E-state index contributed by atoms with van der Waals surface area (Å²) in [6.07, 6.45) is 0.678. The molecule has 0 radical (unpaired) electrons. The fourth-order valence-electron chi connectivity index (χ4n) is 4.51. The molecule has 1 aromatic heterocycles. The highest BCUT2D eigenvalue weighted by Gasteiger charge is 2.16. The number of carboxylic acids is 1. The summed E-state index contributed by atoms with van der Waals surface area (Å²) in [6.45, 7) is 1.91. The first-order valence-corrected chi connectivity index (χ1v) is 11.2. The van der Waals surface area contributed by atoms with Gasteiger partial charge in [0.05, 0.1) is 0 Å². The number of carbonyl (C=O) groups excluding carboxylic acids is 1. The van der Waals surface area contributed by atoms with E-state index < -0.39 is 5.97 Å². The van der Waals surface area contributed by atoms with Crippen LogP contribution in [0, 0.1) is 6.92 Å². The molecule has 0 unspecified atom stereocenters. The van der Waals surface area contributed by atoms with Crippen molar-refractivity contribution in [3.05, 3.63) is 113 Å². The number of aliphatic carboxylic acids is 1. The van der Waals surface area contributed by atoms with E-state index in [0.29, 0.717) is 12.0 Å². The van der Waals surface area contributed by atoms with E-state index >= 15 is 0 Å². The zero-order valence-electron chi connectivity index (χ0n) is 18.8. The summed E-state index contributed by atoms with van der Waals surface area (Å²) >= 11 is 0. The second-order valence-corrected chi connectivity index (χ2v) is 8.45. The number of carbonyl (C=O) groups is 2. The van der Waals surface area contributed by atoms with Gasteiger partial charge in [0.1, 0.15) is 6.54 Å². The summed E-state index contributed by atoms with van der Waals surface area (Å²) in [5.41, 5.74) is 5.43. The van der Waals surface area contributed by atoms with Crippen molar-refractivity contribution in [1.29, 1.82) is 0 Å². The van der Waals surface area contributed by atoms with Gasteiger partial charge in [0.15, 0.2) is 0 Å². The lowest BCUT2D eigenvalue weighted by molar-refractivity contribution is -0.137. The largest absolute Gasteiger partial charge is 0.480 e. The Morgan fingerprint density at radius 1 is 0.853 bits per heavy atom. The van der Waals surface area contributed by atoms with Gasteiger partial charge in [0.2, 0.25) is 0 Å². The van der Waals surface area contributed by atoms with E-state index in [1.807, 2.05) is 102 Å². The summed E-state index contributed by atoms with van der Waals surface area (Å²) in [5.74, 6) is -1.01. The van der Waals surface area contributed by atoms with Crippen molar-refractivity contribution in [2.75, 3.05) is 5.32 Å². The number of carboxylic acid groups (broad SMARTS) is 1. The molecule has 5 aromatic rings. The van der Waals surface area contributed by atoms with Gasteiger partial charge in [-0.25, -0.2) is 0 Å². The van der Waals surface area contributed by atoms with Crippen LogP contribution >= 0.6 is 0 Å². The summed E-state index contributed by atoms with van der Waals surface area (Å²) < 4.78 is 1.85. The number of hydrogen-bond donors (Lipinski definition) is 2. The molecule has 0 aliphatic heterocycles. The zero-order chi connectivity index (χ0) is 23.7. The Balaban J connectivity index is 1.35. The highest BCUT2D eigenvalue weighted by molar-refractivity contribution is 6.06. The lowest BCUT2D eigenvalue weighted by Gasteiger charge is -2.09. The van der Waals surface area contributed by atoms with Crippen LogP contribution < -0.4 is 5.32 Å². The van der Waals surface area contributed by atoms with E-state index in [1.54, 1.807) is 0 Å². The Morgan fingerprint density at radius 3 is 2.32 bits per heavy atom. The van der Waals surface area contributed by atoms with Gasteiger partial charge in [-0.2, -0.15) is 0 Å². The predicted molar refractivity (Wildman–Crippen MR) is 135 cm³/mol. The van der Waals surface area contributed by atoms with Gasteiger partial charge in [0, 0.05) is 27.8 Å². The number of aromatic nitrogens is 1. The third kappa shape index (κ3) is 4.16. The van der Waals surface area contributed by atoms with Crippen LogP contribution in [0.4, 0.5) is 5.69 Å². The second kappa shape index (κ2) is 8.87. The van der Waals surface area contributed by atoms with E-state index in [0.717, 1.165) is 44.2 Å². The minimum absolute atomic E-state index is 0.0634. The van der Waals surface area contributed by atoms with Crippen molar-refractivity contribution < 1.29 is 14.7 Å². The standard InChI is InChI=1S/C29H24N2O3/c1-19-26(25-8-4-5-9-27(25)31(19)18-28(32)33)16-20-10-14-24(15-11-20)30-29(34)23-13-12-21-6-2-3-7-22(21)17-23/h2-15,17H,16,18H2,1H3,(H,30,34)(H,32,33). The summed E-state index contributed by atoms with van der Waals surface area (Å²) in [5, 5.41) is 15.5. The molecule has 5 rings (SSSR count). The van der Waals surface area contributed by atoms with E-state index in [9.17, 15) is 14.7 Å². The topological polar surface area (TPSA) is 71.3 Å². The molecular formula is C29H24N2O3. The van der Waals surface area contributed by atoms with E-state index in [2.05, 4.69) is 5.32 Å². The first-order valence-electron chi connectivity index (χ1n) is 11.2. The molecule has 0 fully saturated rings. The highest BCUT2D eigenvalue weighted by Crippen LogP contribution is 2.28. The molecule has 5 nitrogen and oxygen atoms in total. The molecule has 0 spiro atoms. The maximum atomic E-state index is 12.8. The number of benzene rings is 4. The highest BCUT2D eigenvalue weighted by atomic mass is 16.4. The molecule has 1 amide bonds. The van der Waals surface area contributed by atoms with Crippen LogP contribution in [-0.4, -0.2) is 21.6 Å². The average Bonchev–Trinajstić information content (AvgIpc) is 3.10. The van der Waals surface area contributed by atoms with E-state index in [4.69, 9.17) is 0 Å². The molecule has 0 atom stereocenters. The van der Waals surface area contributed by atoms with Crippen LogP contribution in [-0.2, 0) is 17.8 Å². The first-order chi connectivity index (χ1) is 16.5. The number of amides is 1. The molecule has 0 aliphatic rings. The van der Waals surface area contributed by atoms with Crippen molar-refractivity contribution in [2.45, 2.75) is 19.9 Å². The molecular weight excluding hydrogens is 424 g/mol. The molecule has 34 heavy (non-hydrogen) atoms. The van der Waals surface area contributed by atoms with E-state index in [1.165, 1.54) is 0 Å². The van der Waals surface area contributed by atoms with Crippen LogP contribution in [0.25, 0.3) is 21.7 Å². The molecule has 1 heterocycles. The second-order valence-electron chi connectivity index (χ2n) is 8.45. The monoisotopic (exact) mass is 448 g/mol. The third-order valence-electron chi connectivity index (χ3n) is 6.26. The van der Waals surface area contributed by atoms with Crippen molar-refractivity contribution in [3.63, 3.8) is 0 Å². The van der Waals surface area contributed by atoms with Crippen LogP contribution in [0.15, 0.2) is 91.0 Å². The van der Waals surface area contributed by atoms with Crippen molar-refractivity contribution in [2.24, 2.45) is 0 Å². The lowest BCUT2D eigenvalue weighted by atomic mass is 10.0. The number of nitrogens with one attached hydrogen (secondary N) is 1. The number of nitrogens with zero attached hydrogens (tertiary/aromatic N) is 1. The quantitative estimate of drug-likeness (QED) is 0.333. The van der Waals surface area contributed by atoms with Crippen molar-refractivity contribution >= 4 is 39.2 Å². The molecule has 168 valence electrons. The predicted octanol–water partition coefficient (Wildman–Crippen LogP) is 6.03. The number of rotatable bonds is 6. The zero-order valence-corrected chi connectivity index (χ0v) is 18.8. The maximum Gasteiger partial charge on any atom is 0.323 e.